The van der Waals surface area contributed by atoms with Gasteiger partial charge in [0, 0.05) is 25.1 Å². The molecule has 1 aromatic carbocycles. The third-order valence-corrected chi connectivity index (χ3v) is 2.44. The third kappa shape index (κ3) is 2.79. The van der Waals surface area contributed by atoms with Crippen LogP contribution in [0.25, 0.3) is 11.0 Å². The van der Waals surface area contributed by atoms with Crippen molar-refractivity contribution in [1.82, 2.24) is 15.4 Å². The normalized spacial score (nSPS) is 11.8. The minimum Gasteiger partial charge on any atom is -0.383 e. The van der Waals surface area contributed by atoms with E-state index in [0.29, 0.717) is 19.0 Å². The van der Waals surface area contributed by atoms with Crippen molar-refractivity contribution < 1.29 is 4.74 Å². The Labute approximate surface area is 105 Å². The highest BCUT2D eigenvalue weighted by Gasteiger charge is 2.03. The summed E-state index contributed by atoms with van der Waals surface area (Å²) in [7, 11) is 1.64. The van der Waals surface area contributed by atoms with Crippen LogP contribution in [-0.4, -0.2) is 36.1 Å². The number of hydrogen-bond acceptors (Lipinski definition) is 5. The predicted octanol–water partition coefficient (Wildman–Crippen LogP) is 0.486. The van der Waals surface area contributed by atoms with Crippen LogP contribution in [0.5, 0.6) is 0 Å². The lowest BCUT2D eigenvalue weighted by atomic mass is 10.2. The predicted molar refractivity (Wildman–Crippen MR) is 70.1 cm³/mol. The number of nitrogens with zero attached hydrogens (tertiary/aromatic N) is 3. The lowest BCUT2D eigenvalue weighted by Gasteiger charge is -2.06. The molecule has 0 saturated heterocycles. The van der Waals surface area contributed by atoms with Gasteiger partial charge in [-0.2, -0.15) is 0 Å². The smallest absolute Gasteiger partial charge is 0.142 e. The van der Waals surface area contributed by atoms with Crippen LogP contribution >= 0.6 is 0 Å². The van der Waals surface area contributed by atoms with Gasteiger partial charge in [0.15, 0.2) is 0 Å². The van der Waals surface area contributed by atoms with Crippen LogP contribution < -0.4 is 11.3 Å². The second-order valence-corrected chi connectivity index (χ2v) is 3.63. The summed E-state index contributed by atoms with van der Waals surface area (Å²) in [5.74, 6) is 6.08. The number of fused-ring (bicyclic) bond motifs is 1. The van der Waals surface area contributed by atoms with Gasteiger partial charge in [-0.05, 0) is 18.2 Å². The molecule has 2 aromatic rings. The lowest BCUT2D eigenvalue weighted by molar-refractivity contribution is 0.208. The van der Waals surface area contributed by atoms with Crippen molar-refractivity contribution in [3.8, 4) is 0 Å². The summed E-state index contributed by atoms with van der Waals surface area (Å²) in [6.45, 7) is 1.10. The first-order valence-corrected chi connectivity index (χ1v) is 5.56. The van der Waals surface area contributed by atoms with Gasteiger partial charge in [0.2, 0.25) is 0 Å². The topological polar surface area (TPSA) is 85.4 Å². The molecule has 6 nitrogen and oxygen atoms in total. The van der Waals surface area contributed by atoms with Gasteiger partial charge in [-0.15, -0.1) is 0 Å². The summed E-state index contributed by atoms with van der Waals surface area (Å²) in [5, 5.41) is 0. The minimum atomic E-state index is 0.550. The van der Waals surface area contributed by atoms with E-state index >= 15 is 0 Å². The summed E-state index contributed by atoms with van der Waals surface area (Å²) < 4.78 is 4.94. The van der Waals surface area contributed by atoms with E-state index < -0.39 is 0 Å². The van der Waals surface area contributed by atoms with Crippen LogP contribution in [0.4, 0.5) is 0 Å². The zero-order valence-corrected chi connectivity index (χ0v) is 10.1. The van der Waals surface area contributed by atoms with E-state index in [1.165, 1.54) is 0 Å². The maximum absolute atomic E-state index is 5.47. The summed E-state index contributed by atoms with van der Waals surface area (Å²) in [6, 6.07) is 5.69. The van der Waals surface area contributed by atoms with Crippen LogP contribution in [0.3, 0.4) is 0 Å². The van der Waals surface area contributed by atoms with Gasteiger partial charge >= 0.3 is 0 Å². The highest BCUT2D eigenvalue weighted by atomic mass is 16.5. The van der Waals surface area contributed by atoms with Gasteiger partial charge < -0.3 is 10.2 Å². The van der Waals surface area contributed by atoms with Crippen LogP contribution in [0.1, 0.15) is 5.56 Å². The van der Waals surface area contributed by atoms with E-state index in [0.717, 1.165) is 16.6 Å². The monoisotopic (exact) mass is 245 g/mol. The Kier molecular flexibility index (Phi) is 4.16. The van der Waals surface area contributed by atoms with Crippen molar-refractivity contribution in [3.63, 3.8) is 0 Å². The van der Waals surface area contributed by atoms with Crippen molar-refractivity contribution in [2.24, 2.45) is 10.8 Å². The minimum absolute atomic E-state index is 0.550. The average Bonchev–Trinajstić information content (AvgIpc) is 2.43. The first-order chi connectivity index (χ1) is 8.85. The molecule has 18 heavy (non-hydrogen) atoms. The molecule has 0 spiro atoms. The number of hydrogen-bond donors (Lipinski definition) is 2. The molecule has 0 aliphatic rings. The fourth-order valence-electron chi connectivity index (χ4n) is 1.58. The summed E-state index contributed by atoms with van der Waals surface area (Å²) in [5.41, 5.74) is 5.12. The Hall–Kier alpha value is -2.05. The van der Waals surface area contributed by atoms with E-state index in [1.54, 1.807) is 19.5 Å². The molecule has 0 radical (unpaired) electrons. The van der Waals surface area contributed by atoms with E-state index in [2.05, 4.69) is 20.4 Å². The standard InChI is InChI=1S/C12H15N5O/c1-18-7-6-16-12(17-13)9-2-3-10-11(8-9)15-5-4-14-10/h2-5,8H,6-7,13H2,1H3,(H,16,17). The number of ether oxygens (including phenoxy) is 1. The van der Waals surface area contributed by atoms with E-state index in [-0.39, 0.29) is 0 Å². The maximum Gasteiger partial charge on any atom is 0.142 e. The largest absolute Gasteiger partial charge is 0.383 e. The number of nitrogens with one attached hydrogen (secondary N) is 1. The first kappa shape index (κ1) is 12.4. The van der Waals surface area contributed by atoms with Gasteiger partial charge in [-0.25, -0.2) is 5.84 Å². The maximum atomic E-state index is 5.47. The average molecular weight is 245 g/mol. The Bertz CT molecular complexity index is 555. The number of rotatable bonds is 4. The number of aromatic nitrogens is 2. The second kappa shape index (κ2) is 6.04. The molecule has 0 unspecified atom stereocenters. The Morgan fingerprint density at radius 2 is 2.11 bits per heavy atom. The van der Waals surface area contributed by atoms with Crippen molar-refractivity contribution in [1.29, 1.82) is 0 Å². The highest BCUT2D eigenvalue weighted by Crippen LogP contribution is 2.10. The van der Waals surface area contributed by atoms with Gasteiger partial charge in [0.05, 0.1) is 24.2 Å². The van der Waals surface area contributed by atoms with E-state index in [4.69, 9.17) is 10.6 Å². The number of benzene rings is 1. The Morgan fingerprint density at radius 3 is 2.83 bits per heavy atom. The summed E-state index contributed by atoms with van der Waals surface area (Å²) in [6.07, 6.45) is 3.32. The molecular weight excluding hydrogens is 230 g/mol. The van der Waals surface area contributed by atoms with Crippen molar-refractivity contribution in [3.05, 3.63) is 36.2 Å². The van der Waals surface area contributed by atoms with Crippen molar-refractivity contribution >= 4 is 16.9 Å². The molecule has 6 heteroatoms. The fourth-order valence-corrected chi connectivity index (χ4v) is 1.58. The number of methoxy groups -OCH3 is 1. The number of hydrazine groups is 1. The molecule has 2 rings (SSSR count). The zero-order valence-electron chi connectivity index (χ0n) is 10.1. The molecule has 0 aliphatic carbocycles. The Morgan fingerprint density at radius 1 is 1.33 bits per heavy atom. The quantitative estimate of drug-likeness (QED) is 0.269. The molecule has 0 aliphatic heterocycles. The fraction of sp³-hybridized carbons (Fsp3) is 0.250. The molecule has 0 saturated carbocycles. The molecule has 0 amide bonds. The Balaban J connectivity index is 2.30. The highest BCUT2D eigenvalue weighted by molar-refractivity contribution is 6.00. The number of amidine groups is 1. The number of aliphatic imine (C=N–C) groups is 1. The van der Waals surface area contributed by atoms with Crippen LogP contribution in [-0.2, 0) is 4.74 Å². The van der Waals surface area contributed by atoms with Gasteiger partial charge in [-0.1, -0.05) is 0 Å². The van der Waals surface area contributed by atoms with Gasteiger partial charge in [0.1, 0.15) is 5.84 Å². The molecular formula is C12H15N5O. The summed E-state index contributed by atoms with van der Waals surface area (Å²) in [4.78, 5) is 12.8. The molecule has 0 atom stereocenters. The molecule has 0 bridgehead atoms. The third-order valence-electron chi connectivity index (χ3n) is 2.44. The molecule has 1 heterocycles. The molecule has 3 N–H and O–H groups in total. The van der Waals surface area contributed by atoms with Gasteiger partial charge in [-0.3, -0.25) is 15.0 Å². The molecule has 94 valence electrons. The molecule has 1 aromatic heterocycles. The van der Waals surface area contributed by atoms with E-state index in [1.807, 2.05) is 18.2 Å². The zero-order chi connectivity index (χ0) is 12.8. The van der Waals surface area contributed by atoms with Crippen LogP contribution in [0.15, 0.2) is 35.6 Å². The van der Waals surface area contributed by atoms with Gasteiger partial charge in [0.25, 0.3) is 0 Å². The van der Waals surface area contributed by atoms with Crippen molar-refractivity contribution in [2.45, 2.75) is 0 Å². The van der Waals surface area contributed by atoms with E-state index in [9.17, 15) is 0 Å². The first-order valence-electron chi connectivity index (χ1n) is 5.56. The van der Waals surface area contributed by atoms with Crippen LogP contribution in [0.2, 0.25) is 0 Å². The lowest BCUT2D eigenvalue weighted by Crippen LogP contribution is -2.31. The second-order valence-electron chi connectivity index (χ2n) is 3.63. The van der Waals surface area contributed by atoms with Crippen LogP contribution in [0, 0.1) is 0 Å². The number of nitrogens with two attached hydrogens (primary N) is 1. The molecule has 0 fully saturated rings. The van der Waals surface area contributed by atoms with Crippen molar-refractivity contribution in [2.75, 3.05) is 20.3 Å². The summed E-state index contributed by atoms with van der Waals surface area (Å²) >= 11 is 0. The SMILES string of the molecule is COCCN=C(NN)c1ccc2nccnc2c1.